The van der Waals surface area contributed by atoms with E-state index in [4.69, 9.17) is 5.11 Å². The van der Waals surface area contributed by atoms with Gasteiger partial charge in [-0.2, -0.15) is 0 Å². The van der Waals surface area contributed by atoms with Crippen molar-refractivity contribution in [2.24, 2.45) is 0 Å². The Morgan fingerprint density at radius 1 is 1.25 bits per heavy atom. The van der Waals surface area contributed by atoms with Gasteiger partial charge in [-0.15, -0.1) is 0 Å². The van der Waals surface area contributed by atoms with Crippen LogP contribution in [0.3, 0.4) is 0 Å². The zero-order valence-corrected chi connectivity index (χ0v) is 13.2. The molecule has 0 atom stereocenters. The van der Waals surface area contributed by atoms with E-state index in [0.717, 1.165) is 4.90 Å². The zero-order valence-electron chi connectivity index (χ0n) is 12.4. The smallest absolute Gasteiger partial charge is 0.305 e. The summed E-state index contributed by atoms with van der Waals surface area (Å²) in [7, 11) is 0. The fourth-order valence-electron chi connectivity index (χ4n) is 1.90. The molecular formula is C15H14N2O6S. The average molecular weight is 350 g/mol. The van der Waals surface area contributed by atoms with Gasteiger partial charge in [0.1, 0.15) is 12.3 Å². The Morgan fingerprint density at radius 3 is 2.62 bits per heavy atom. The molecule has 0 aromatic heterocycles. The first-order valence-corrected chi connectivity index (χ1v) is 7.72. The lowest BCUT2D eigenvalue weighted by atomic mass is 10.2. The average Bonchev–Trinajstić information content (AvgIpc) is 2.77. The van der Waals surface area contributed by atoms with E-state index in [0.29, 0.717) is 17.3 Å². The van der Waals surface area contributed by atoms with Crippen molar-refractivity contribution in [2.45, 2.75) is 6.42 Å². The van der Waals surface area contributed by atoms with Crippen LogP contribution in [-0.2, 0) is 14.4 Å². The molecule has 9 heteroatoms. The number of nitrogens with one attached hydrogen (secondary N) is 1. The molecule has 1 aromatic carbocycles. The summed E-state index contributed by atoms with van der Waals surface area (Å²) in [6.07, 6.45) is 1.13. The van der Waals surface area contributed by atoms with Crippen molar-refractivity contribution in [2.75, 3.05) is 13.1 Å². The van der Waals surface area contributed by atoms with Gasteiger partial charge in [0.05, 0.1) is 11.3 Å². The van der Waals surface area contributed by atoms with Crippen LogP contribution in [0, 0.1) is 0 Å². The summed E-state index contributed by atoms with van der Waals surface area (Å²) >= 11 is 0.669. The van der Waals surface area contributed by atoms with Crippen LogP contribution in [0.2, 0.25) is 0 Å². The van der Waals surface area contributed by atoms with Crippen molar-refractivity contribution in [3.05, 3.63) is 34.7 Å². The number of amides is 3. The van der Waals surface area contributed by atoms with Crippen LogP contribution < -0.4 is 5.32 Å². The van der Waals surface area contributed by atoms with Crippen LogP contribution in [0.1, 0.15) is 12.0 Å². The highest BCUT2D eigenvalue weighted by Crippen LogP contribution is 2.33. The molecular weight excluding hydrogens is 336 g/mol. The fraction of sp³-hybridized carbons (Fsp3) is 0.200. The molecule has 1 aliphatic heterocycles. The van der Waals surface area contributed by atoms with Gasteiger partial charge >= 0.3 is 5.97 Å². The van der Waals surface area contributed by atoms with Crippen molar-refractivity contribution in [3.63, 3.8) is 0 Å². The topological polar surface area (TPSA) is 124 Å². The number of carboxylic acid groups (broad SMARTS) is 1. The number of phenols is 1. The van der Waals surface area contributed by atoms with E-state index in [-0.39, 0.29) is 23.6 Å². The molecule has 2 rings (SSSR count). The number of carboxylic acids is 1. The summed E-state index contributed by atoms with van der Waals surface area (Å²) in [5.74, 6) is -2.35. The summed E-state index contributed by atoms with van der Waals surface area (Å²) in [6.45, 7) is -0.569. The normalized spacial score (nSPS) is 15.8. The van der Waals surface area contributed by atoms with Crippen LogP contribution in [0.15, 0.2) is 29.2 Å². The number of rotatable bonds is 6. The van der Waals surface area contributed by atoms with E-state index in [2.05, 4.69) is 5.32 Å². The number of phenolic OH excluding ortho intramolecular Hbond substituents is 1. The lowest BCUT2D eigenvalue weighted by molar-refractivity contribution is -0.137. The molecule has 24 heavy (non-hydrogen) atoms. The van der Waals surface area contributed by atoms with Crippen LogP contribution in [0.4, 0.5) is 4.79 Å². The number of hydrogen-bond acceptors (Lipinski definition) is 6. The minimum atomic E-state index is -1.06. The SMILES string of the molecule is O=C(O)CCNC(=O)CN1C(=O)S/C(=C\c2ccccc2O)C1=O. The first-order valence-electron chi connectivity index (χ1n) is 6.90. The maximum absolute atomic E-state index is 12.2. The van der Waals surface area contributed by atoms with Crippen LogP contribution in [0.5, 0.6) is 5.75 Å². The van der Waals surface area contributed by atoms with Gasteiger partial charge in [-0.05, 0) is 23.9 Å². The maximum atomic E-state index is 12.2. The highest BCUT2D eigenvalue weighted by molar-refractivity contribution is 8.18. The lowest BCUT2D eigenvalue weighted by Crippen LogP contribution is -2.40. The Kier molecular flexibility index (Phi) is 5.59. The molecule has 3 amide bonds. The van der Waals surface area contributed by atoms with Crippen molar-refractivity contribution >= 4 is 40.9 Å². The van der Waals surface area contributed by atoms with Gasteiger partial charge in [0.25, 0.3) is 11.1 Å². The molecule has 0 spiro atoms. The van der Waals surface area contributed by atoms with Gasteiger partial charge in [-0.1, -0.05) is 18.2 Å². The van der Waals surface area contributed by atoms with Gasteiger partial charge in [0.2, 0.25) is 5.91 Å². The minimum absolute atomic E-state index is 0.0317. The third kappa shape index (κ3) is 4.35. The molecule has 8 nitrogen and oxygen atoms in total. The summed E-state index contributed by atoms with van der Waals surface area (Å²) in [6, 6.07) is 6.33. The molecule has 0 saturated carbocycles. The van der Waals surface area contributed by atoms with E-state index in [1.54, 1.807) is 18.2 Å². The van der Waals surface area contributed by atoms with Crippen LogP contribution in [-0.4, -0.2) is 51.2 Å². The number of aromatic hydroxyl groups is 1. The molecule has 1 fully saturated rings. The maximum Gasteiger partial charge on any atom is 0.305 e. The largest absolute Gasteiger partial charge is 0.507 e. The van der Waals surface area contributed by atoms with Crippen molar-refractivity contribution < 1.29 is 29.4 Å². The van der Waals surface area contributed by atoms with E-state index in [1.807, 2.05) is 0 Å². The van der Waals surface area contributed by atoms with Gasteiger partial charge in [-0.3, -0.25) is 24.1 Å². The second-order valence-corrected chi connectivity index (χ2v) is 5.81. The molecule has 3 N–H and O–H groups in total. The van der Waals surface area contributed by atoms with E-state index < -0.39 is 29.6 Å². The standard InChI is InChI=1S/C15H14N2O6S/c18-10-4-2-1-3-9(10)7-11-14(22)17(15(23)24-11)8-12(19)16-6-5-13(20)21/h1-4,7,18H,5-6,8H2,(H,16,19)(H,20,21)/b11-7-. The molecule has 1 heterocycles. The quantitative estimate of drug-likeness (QED) is 0.654. The van der Waals surface area contributed by atoms with Gasteiger partial charge < -0.3 is 15.5 Å². The van der Waals surface area contributed by atoms with Gasteiger partial charge in [0.15, 0.2) is 0 Å². The van der Waals surface area contributed by atoms with E-state index >= 15 is 0 Å². The number of imide groups is 1. The third-order valence-corrected chi connectivity index (χ3v) is 3.97. The van der Waals surface area contributed by atoms with Gasteiger partial charge in [-0.25, -0.2) is 0 Å². The number of benzene rings is 1. The Hall–Kier alpha value is -2.81. The number of aliphatic carboxylic acids is 1. The highest BCUT2D eigenvalue weighted by atomic mass is 32.2. The molecule has 1 aromatic rings. The zero-order chi connectivity index (χ0) is 17.7. The van der Waals surface area contributed by atoms with Crippen LogP contribution >= 0.6 is 11.8 Å². The Labute approximate surface area is 141 Å². The molecule has 0 aliphatic carbocycles. The Balaban J connectivity index is 2.02. The monoisotopic (exact) mass is 350 g/mol. The number of nitrogens with zero attached hydrogens (tertiary/aromatic N) is 1. The molecule has 0 unspecified atom stereocenters. The summed E-state index contributed by atoms with van der Waals surface area (Å²) in [5, 5.41) is 19.9. The first kappa shape index (κ1) is 17.5. The predicted octanol–water partition coefficient (Wildman–Crippen LogP) is 1.02. The fourth-order valence-corrected chi connectivity index (χ4v) is 2.72. The summed E-state index contributed by atoms with van der Waals surface area (Å²) in [4.78, 5) is 47.0. The molecule has 0 radical (unpaired) electrons. The first-order chi connectivity index (χ1) is 11.4. The van der Waals surface area contributed by atoms with Crippen molar-refractivity contribution in [1.82, 2.24) is 10.2 Å². The second-order valence-electron chi connectivity index (χ2n) is 4.82. The number of carbonyl (C=O) groups excluding carboxylic acids is 3. The Bertz CT molecular complexity index is 730. The number of carbonyl (C=O) groups is 4. The minimum Gasteiger partial charge on any atom is -0.507 e. The lowest BCUT2D eigenvalue weighted by Gasteiger charge is -2.11. The third-order valence-electron chi connectivity index (χ3n) is 3.06. The Morgan fingerprint density at radius 2 is 1.96 bits per heavy atom. The van der Waals surface area contributed by atoms with Crippen molar-refractivity contribution in [3.8, 4) is 5.75 Å². The van der Waals surface area contributed by atoms with E-state index in [1.165, 1.54) is 12.1 Å². The number of hydrogen-bond donors (Lipinski definition) is 3. The van der Waals surface area contributed by atoms with E-state index in [9.17, 15) is 24.3 Å². The number of para-hydroxylation sites is 1. The summed E-state index contributed by atoms with van der Waals surface area (Å²) < 4.78 is 0. The van der Waals surface area contributed by atoms with Crippen molar-refractivity contribution in [1.29, 1.82) is 0 Å². The summed E-state index contributed by atoms with van der Waals surface area (Å²) in [5.41, 5.74) is 0.383. The van der Waals surface area contributed by atoms with Crippen LogP contribution in [0.25, 0.3) is 6.08 Å². The highest BCUT2D eigenvalue weighted by Gasteiger charge is 2.36. The second kappa shape index (κ2) is 7.64. The molecule has 0 bridgehead atoms. The van der Waals surface area contributed by atoms with Gasteiger partial charge in [0, 0.05) is 12.1 Å². The predicted molar refractivity (Wildman–Crippen MR) is 86.0 cm³/mol. The molecule has 1 aliphatic rings. The molecule has 126 valence electrons. The molecule has 1 saturated heterocycles. The number of thioether (sulfide) groups is 1.